The number of hydrogen-bond donors (Lipinski definition) is 1. The number of thioether (sulfide) groups is 1. The van der Waals surface area contributed by atoms with E-state index in [1.807, 2.05) is 42.7 Å². The van der Waals surface area contributed by atoms with Crippen LogP contribution in [0.25, 0.3) is 28.2 Å². The molecule has 1 amide bonds. The second kappa shape index (κ2) is 7.48. The summed E-state index contributed by atoms with van der Waals surface area (Å²) < 4.78 is 2.07. The molecule has 2 N–H and O–H groups in total. The van der Waals surface area contributed by atoms with Crippen molar-refractivity contribution in [2.24, 2.45) is 5.73 Å². The van der Waals surface area contributed by atoms with Gasteiger partial charge >= 0.3 is 0 Å². The second-order valence-electron chi connectivity index (χ2n) is 6.74. The number of imidazole rings is 1. The first-order chi connectivity index (χ1) is 13.5. The summed E-state index contributed by atoms with van der Waals surface area (Å²) in [5.41, 5.74) is 10.5. The Morgan fingerprint density at radius 3 is 2.39 bits per heavy atom. The summed E-state index contributed by atoms with van der Waals surface area (Å²) in [5, 5.41) is 1.29. The van der Waals surface area contributed by atoms with Crippen LogP contribution in [0.5, 0.6) is 0 Å². The van der Waals surface area contributed by atoms with Crippen LogP contribution >= 0.6 is 11.8 Å². The average Bonchev–Trinajstić information content (AvgIpc) is 3.12. The molecule has 0 aliphatic carbocycles. The van der Waals surface area contributed by atoms with Gasteiger partial charge in [0, 0.05) is 28.1 Å². The fourth-order valence-corrected chi connectivity index (χ4v) is 3.88. The third-order valence-electron chi connectivity index (χ3n) is 4.34. The minimum absolute atomic E-state index is 0.386. The predicted octanol–water partition coefficient (Wildman–Crippen LogP) is 4.66. The Labute approximate surface area is 167 Å². The zero-order chi connectivity index (χ0) is 19.7. The summed E-state index contributed by atoms with van der Waals surface area (Å²) >= 11 is 1.70. The lowest BCUT2D eigenvalue weighted by molar-refractivity contribution is 0.100. The first-order valence-corrected chi connectivity index (χ1v) is 9.91. The number of fused-ring (bicyclic) bond motifs is 1. The van der Waals surface area contributed by atoms with Crippen molar-refractivity contribution >= 4 is 23.3 Å². The Hall–Kier alpha value is -3.12. The SMILES string of the molecule is CC(C)Sc1nc(-c2ccccc2)cn2c(-c3ccc(C(N)=O)cc3)cnc12. The van der Waals surface area contributed by atoms with Gasteiger partial charge in [-0.15, -0.1) is 0 Å². The number of carbonyl (C=O) groups excluding carboxylic acids is 1. The molecule has 0 unspecified atom stereocenters. The number of rotatable bonds is 5. The van der Waals surface area contributed by atoms with Crippen LogP contribution in [0.15, 0.2) is 72.0 Å². The smallest absolute Gasteiger partial charge is 0.248 e. The Morgan fingerprint density at radius 2 is 1.75 bits per heavy atom. The van der Waals surface area contributed by atoms with Crippen molar-refractivity contribution in [3.8, 4) is 22.5 Å². The molecule has 0 fully saturated rings. The van der Waals surface area contributed by atoms with E-state index in [0.29, 0.717) is 10.8 Å². The fourth-order valence-electron chi connectivity index (χ4n) is 3.03. The Morgan fingerprint density at radius 1 is 1.04 bits per heavy atom. The van der Waals surface area contributed by atoms with Crippen LogP contribution in [-0.4, -0.2) is 25.5 Å². The minimum atomic E-state index is -0.434. The highest BCUT2D eigenvalue weighted by atomic mass is 32.2. The first kappa shape index (κ1) is 18.3. The molecule has 0 saturated heterocycles. The van der Waals surface area contributed by atoms with Gasteiger partial charge in [-0.2, -0.15) is 0 Å². The van der Waals surface area contributed by atoms with Gasteiger partial charge in [0.05, 0.1) is 17.6 Å². The van der Waals surface area contributed by atoms with Gasteiger partial charge in [-0.25, -0.2) is 9.97 Å². The van der Waals surface area contributed by atoms with Gasteiger partial charge in [0.25, 0.3) is 0 Å². The van der Waals surface area contributed by atoms with E-state index in [9.17, 15) is 4.79 Å². The van der Waals surface area contributed by atoms with Crippen LogP contribution in [0.1, 0.15) is 24.2 Å². The van der Waals surface area contributed by atoms with Crippen LogP contribution in [-0.2, 0) is 0 Å². The quantitative estimate of drug-likeness (QED) is 0.505. The maximum Gasteiger partial charge on any atom is 0.248 e. The normalized spacial score (nSPS) is 11.2. The number of nitrogens with two attached hydrogens (primary N) is 1. The lowest BCUT2D eigenvalue weighted by Crippen LogP contribution is -2.10. The van der Waals surface area contributed by atoms with E-state index in [2.05, 4.69) is 35.4 Å². The third-order valence-corrected chi connectivity index (χ3v) is 5.31. The van der Waals surface area contributed by atoms with E-state index in [1.54, 1.807) is 23.9 Å². The van der Waals surface area contributed by atoms with E-state index in [4.69, 9.17) is 10.7 Å². The molecule has 0 bridgehead atoms. The van der Waals surface area contributed by atoms with Crippen molar-refractivity contribution in [1.82, 2.24) is 14.4 Å². The molecular formula is C22H20N4OS. The van der Waals surface area contributed by atoms with Gasteiger partial charge < -0.3 is 5.73 Å². The van der Waals surface area contributed by atoms with Crippen LogP contribution in [0.2, 0.25) is 0 Å². The maximum atomic E-state index is 11.4. The molecule has 4 aromatic rings. The Bertz CT molecular complexity index is 1130. The van der Waals surface area contributed by atoms with Crippen molar-refractivity contribution in [2.45, 2.75) is 24.1 Å². The summed E-state index contributed by atoms with van der Waals surface area (Å²) in [6.07, 6.45) is 3.86. The zero-order valence-electron chi connectivity index (χ0n) is 15.7. The molecule has 0 saturated carbocycles. The van der Waals surface area contributed by atoms with Gasteiger partial charge in [-0.1, -0.05) is 68.1 Å². The van der Waals surface area contributed by atoms with Crippen LogP contribution in [0, 0.1) is 0 Å². The fraction of sp³-hybridized carbons (Fsp3) is 0.136. The summed E-state index contributed by atoms with van der Waals surface area (Å²) in [7, 11) is 0. The molecule has 5 nitrogen and oxygen atoms in total. The Kier molecular flexibility index (Phi) is 4.88. The van der Waals surface area contributed by atoms with Crippen LogP contribution in [0.4, 0.5) is 0 Å². The number of carbonyl (C=O) groups is 1. The summed E-state index contributed by atoms with van der Waals surface area (Å²) in [4.78, 5) is 20.9. The van der Waals surface area contributed by atoms with Gasteiger partial charge in [0.15, 0.2) is 5.65 Å². The maximum absolute atomic E-state index is 11.4. The van der Waals surface area contributed by atoms with E-state index in [-0.39, 0.29) is 0 Å². The molecule has 0 atom stereocenters. The predicted molar refractivity (Wildman–Crippen MR) is 113 cm³/mol. The first-order valence-electron chi connectivity index (χ1n) is 9.03. The molecule has 140 valence electrons. The van der Waals surface area contributed by atoms with Crippen LogP contribution < -0.4 is 5.73 Å². The number of benzene rings is 2. The molecule has 0 radical (unpaired) electrons. The highest BCUT2D eigenvalue weighted by Gasteiger charge is 2.15. The standard InChI is InChI=1S/C22H20N4OS/c1-14(2)28-22-21-24-12-19(16-8-10-17(11-9-16)20(23)27)26(21)13-18(25-22)15-6-4-3-5-7-15/h3-14H,1-2H3,(H2,23,27). The van der Waals surface area contributed by atoms with E-state index in [0.717, 1.165) is 33.2 Å². The van der Waals surface area contributed by atoms with Gasteiger partial charge in [-0.05, 0) is 12.1 Å². The van der Waals surface area contributed by atoms with E-state index >= 15 is 0 Å². The Balaban J connectivity index is 1.90. The number of primary amides is 1. The highest BCUT2D eigenvalue weighted by molar-refractivity contribution is 8.00. The minimum Gasteiger partial charge on any atom is -0.366 e. The largest absolute Gasteiger partial charge is 0.366 e. The molecule has 2 aromatic carbocycles. The summed E-state index contributed by atoms with van der Waals surface area (Å²) in [5.74, 6) is -0.434. The average molecular weight is 388 g/mol. The van der Waals surface area contributed by atoms with E-state index in [1.165, 1.54) is 0 Å². The van der Waals surface area contributed by atoms with Gasteiger partial charge in [0.2, 0.25) is 5.91 Å². The molecule has 2 heterocycles. The highest BCUT2D eigenvalue weighted by Crippen LogP contribution is 2.31. The number of aromatic nitrogens is 3. The molecule has 0 aliphatic rings. The summed E-state index contributed by atoms with van der Waals surface area (Å²) in [6.45, 7) is 4.29. The summed E-state index contributed by atoms with van der Waals surface area (Å²) in [6, 6.07) is 17.4. The van der Waals surface area contributed by atoms with Gasteiger partial charge in [-0.3, -0.25) is 9.20 Å². The van der Waals surface area contributed by atoms with Crippen molar-refractivity contribution in [2.75, 3.05) is 0 Å². The van der Waals surface area contributed by atoms with E-state index < -0.39 is 5.91 Å². The van der Waals surface area contributed by atoms with Gasteiger partial charge in [0.1, 0.15) is 5.03 Å². The monoisotopic (exact) mass is 388 g/mol. The lowest BCUT2D eigenvalue weighted by atomic mass is 10.1. The molecule has 0 aliphatic heterocycles. The number of amides is 1. The van der Waals surface area contributed by atoms with Crippen molar-refractivity contribution < 1.29 is 4.79 Å². The zero-order valence-corrected chi connectivity index (χ0v) is 16.5. The van der Waals surface area contributed by atoms with Crippen LogP contribution in [0.3, 0.4) is 0 Å². The van der Waals surface area contributed by atoms with Crippen molar-refractivity contribution in [3.05, 3.63) is 72.6 Å². The third kappa shape index (κ3) is 3.51. The van der Waals surface area contributed by atoms with Crippen molar-refractivity contribution in [1.29, 1.82) is 0 Å². The number of nitrogens with zero attached hydrogens (tertiary/aromatic N) is 3. The molecule has 0 spiro atoms. The molecular weight excluding hydrogens is 368 g/mol. The molecule has 4 rings (SSSR count). The molecule has 28 heavy (non-hydrogen) atoms. The molecule has 6 heteroatoms. The molecule has 2 aromatic heterocycles. The second-order valence-corrected chi connectivity index (χ2v) is 8.31. The van der Waals surface area contributed by atoms with Crippen molar-refractivity contribution in [3.63, 3.8) is 0 Å². The lowest BCUT2D eigenvalue weighted by Gasteiger charge is -2.11. The number of hydrogen-bond acceptors (Lipinski definition) is 4. The topological polar surface area (TPSA) is 73.3 Å².